The van der Waals surface area contributed by atoms with Gasteiger partial charge in [-0.3, -0.25) is 9.69 Å². The van der Waals surface area contributed by atoms with Crippen LogP contribution in [0.1, 0.15) is 15.9 Å². The standard InChI is InChI=1S/C17H11NO5S2/c19-12-5-4-9(6-13(12)20)7-14-15(21)18(17(24)25-14)11-3-1-2-10(8-11)16(22)23/h1-8,19-20H,(H,22,23). The number of benzene rings is 2. The zero-order valence-corrected chi connectivity index (χ0v) is 14.2. The number of thiocarbonyl (C=S) groups is 1. The molecule has 2 aromatic rings. The number of carboxylic acid groups (broad SMARTS) is 1. The molecular formula is C17H11NO5S2. The van der Waals surface area contributed by atoms with Gasteiger partial charge in [0.2, 0.25) is 0 Å². The first-order valence-corrected chi connectivity index (χ1v) is 8.22. The molecule has 1 heterocycles. The molecule has 3 rings (SSSR count). The average Bonchev–Trinajstić information content (AvgIpc) is 2.85. The van der Waals surface area contributed by atoms with Crippen molar-refractivity contribution in [1.29, 1.82) is 0 Å². The van der Waals surface area contributed by atoms with E-state index in [2.05, 4.69) is 0 Å². The van der Waals surface area contributed by atoms with Gasteiger partial charge in [0.1, 0.15) is 0 Å². The minimum Gasteiger partial charge on any atom is -0.504 e. The number of carbonyl (C=O) groups is 2. The van der Waals surface area contributed by atoms with Crippen LogP contribution in [0, 0.1) is 0 Å². The Morgan fingerprint density at radius 1 is 1.12 bits per heavy atom. The van der Waals surface area contributed by atoms with Crippen molar-refractivity contribution < 1.29 is 24.9 Å². The van der Waals surface area contributed by atoms with Crippen molar-refractivity contribution in [3.63, 3.8) is 0 Å². The second-order valence-corrected chi connectivity index (χ2v) is 6.80. The van der Waals surface area contributed by atoms with E-state index >= 15 is 0 Å². The topological polar surface area (TPSA) is 98.1 Å². The lowest BCUT2D eigenvalue weighted by atomic mass is 10.1. The number of thioether (sulfide) groups is 1. The van der Waals surface area contributed by atoms with Gasteiger partial charge in [0, 0.05) is 0 Å². The number of phenols is 2. The second-order valence-electron chi connectivity index (χ2n) is 5.12. The largest absolute Gasteiger partial charge is 0.504 e. The number of aromatic hydroxyl groups is 2. The van der Waals surface area contributed by atoms with Crippen molar-refractivity contribution in [3.8, 4) is 11.5 Å². The molecular weight excluding hydrogens is 362 g/mol. The number of hydrogen-bond donors (Lipinski definition) is 3. The number of carbonyl (C=O) groups excluding carboxylic acids is 1. The highest BCUT2D eigenvalue weighted by Gasteiger charge is 2.33. The van der Waals surface area contributed by atoms with Gasteiger partial charge in [0.15, 0.2) is 15.8 Å². The Balaban J connectivity index is 1.94. The zero-order chi connectivity index (χ0) is 18.1. The summed E-state index contributed by atoms with van der Waals surface area (Å²) in [7, 11) is 0. The fourth-order valence-corrected chi connectivity index (χ4v) is 3.55. The van der Waals surface area contributed by atoms with E-state index < -0.39 is 5.97 Å². The van der Waals surface area contributed by atoms with Gasteiger partial charge in [-0.05, 0) is 42.0 Å². The van der Waals surface area contributed by atoms with Crippen molar-refractivity contribution in [1.82, 2.24) is 0 Å². The van der Waals surface area contributed by atoms with Crippen LogP contribution < -0.4 is 4.90 Å². The fourth-order valence-electron chi connectivity index (χ4n) is 2.25. The van der Waals surface area contributed by atoms with Gasteiger partial charge in [-0.2, -0.15) is 0 Å². The first kappa shape index (κ1) is 17.0. The maximum atomic E-state index is 12.6. The number of nitrogens with zero attached hydrogens (tertiary/aromatic N) is 1. The van der Waals surface area contributed by atoms with Crippen LogP contribution in [0.5, 0.6) is 11.5 Å². The molecule has 1 aliphatic heterocycles. The summed E-state index contributed by atoms with van der Waals surface area (Å²) in [5.41, 5.74) is 0.952. The van der Waals surface area contributed by atoms with Crippen molar-refractivity contribution in [3.05, 3.63) is 58.5 Å². The van der Waals surface area contributed by atoms with Crippen LogP contribution in [0.3, 0.4) is 0 Å². The summed E-state index contributed by atoms with van der Waals surface area (Å²) in [4.78, 5) is 25.3. The fraction of sp³-hybridized carbons (Fsp3) is 0. The molecule has 0 saturated carbocycles. The Kier molecular flexibility index (Phi) is 4.47. The molecule has 3 N–H and O–H groups in total. The monoisotopic (exact) mass is 373 g/mol. The maximum Gasteiger partial charge on any atom is 0.335 e. The van der Waals surface area contributed by atoms with Crippen molar-refractivity contribution in [2.75, 3.05) is 4.90 Å². The van der Waals surface area contributed by atoms with Crippen LogP contribution in [-0.2, 0) is 4.79 Å². The maximum absolute atomic E-state index is 12.6. The van der Waals surface area contributed by atoms with Crippen molar-refractivity contribution in [2.45, 2.75) is 0 Å². The molecule has 25 heavy (non-hydrogen) atoms. The van der Waals surface area contributed by atoms with Gasteiger partial charge in [-0.1, -0.05) is 36.1 Å². The van der Waals surface area contributed by atoms with Crippen LogP contribution in [0.15, 0.2) is 47.4 Å². The molecule has 0 atom stereocenters. The van der Waals surface area contributed by atoms with Gasteiger partial charge in [0.05, 0.1) is 16.2 Å². The van der Waals surface area contributed by atoms with E-state index in [1.165, 1.54) is 29.2 Å². The van der Waals surface area contributed by atoms with Gasteiger partial charge in [0.25, 0.3) is 5.91 Å². The highest BCUT2D eigenvalue weighted by atomic mass is 32.2. The minimum absolute atomic E-state index is 0.0546. The third-order valence-corrected chi connectivity index (χ3v) is 4.74. The summed E-state index contributed by atoms with van der Waals surface area (Å²) in [6.45, 7) is 0. The smallest absolute Gasteiger partial charge is 0.335 e. The van der Waals surface area contributed by atoms with Gasteiger partial charge >= 0.3 is 5.97 Å². The van der Waals surface area contributed by atoms with E-state index in [-0.39, 0.29) is 27.3 Å². The highest BCUT2D eigenvalue weighted by molar-refractivity contribution is 8.27. The lowest BCUT2D eigenvalue weighted by Gasteiger charge is -2.14. The first-order chi connectivity index (χ1) is 11.9. The normalized spacial score (nSPS) is 15.8. The molecule has 1 saturated heterocycles. The van der Waals surface area contributed by atoms with Crippen LogP contribution in [0.2, 0.25) is 0 Å². The molecule has 1 fully saturated rings. The quantitative estimate of drug-likeness (QED) is 0.432. The Morgan fingerprint density at radius 2 is 1.88 bits per heavy atom. The highest BCUT2D eigenvalue weighted by Crippen LogP contribution is 2.37. The molecule has 126 valence electrons. The molecule has 0 radical (unpaired) electrons. The molecule has 1 amide bonds. The van der Waals surface area contributed by atoms with Gasteiger partial charge < -0.3 is 15.3 Å². The third-order valence-electron chi connectivity index (χ3n) is 3.44. The number of rotatable bonds is 3. The van der Waals surface area contributed by atoms with Crippen LogP contribution >= 0.6 is 24.0 Å². The van der Waals surface area contributed by atoms with Crippen LogP contribution in [0.4, 0.5) is 5.69 Å². The number of aromatic carboxylic acids is 1. The molecule has 0 unspecified atom stereocenters. The average molecular weight is 373 g/mol. The molecule has 8 heteroatoms. The number of hydrogen-bond acceptors (Lipinski definition) is 6. The van der Waals surface area contributed by atoms with E-state index in [0.29, 0.717) is 16.2 Å². The van der Waals surface area contributed by atoms with E-state index in [1.54, 1.807) is 24.3 Å². The van der Waals surface area contributed by atoms with E-state index in [0.717, 1.165) is 11.8 Å². The molecule has 6 nitrogen and oxygen atoms in total. The summed E-state index contributed by atoms with van der Waals surface area (Å²) < 4.78 is 0.279. The first-order valence-electron chi connectivity index (χ1n) is 7.00. The second kappa shape index (κ2) is 6.58. The van der Waals surface area contributed by atoms with Crippen LogP contribution in [0.25, 0.3) is 6.08 Å². The third kappa shape index (κ3) is 3.35. The molecule has 1 aliphatic rings. The Morgan fingerprint density at radius 3 is 2.56 bits per heavy atom. The SMILES string of the molecule is O=C(O)c1cccc(N2C(=O)C(=Cc3ccc(O)c(O)c3)SC2=S)c1. The predicted octanol–water partition coefficient (Wildman–Crippen LogP) is 3.20. The molecule has 0 bridgehead atoms. The Hall–Kier alpha value is -2.84. The number of amides is 1. The van der Waals surface area contributed by atoms with E-state index in [1.807, 2.05) is 0 Å². The van der Waals surface area contributed by atoms with E-state index in [9.17, 15) is 19.8 Å². The minimum atomic E-state index is -1.09. The van der Waals surface area contributed by atoms with Crippen molar-refractivity contribution >= 4 is 51.9 Å². The zero-order valence-electron chi connectivity index (χ0n) is 12.5. The number of carboxylic acids is 1. The van der Waals surface area contributed by atoms with Crippen molar-refractivity contribution in [2.24, 2.45) is 0 Å². The van der Waals surface area contributed by atoms with E-state index in [4.69, 9.17) is 17.3 Å². The number of phenolic OH excluding ortho intramolecular Hbond substituents is 2. The lowest BCUT2D eigenvalue weighted by Crippen LogP contribution is -2.27. The summed E-state index contributed by atoms with van der Waals surface area (Å²) >= 11 is 6.31. The predicted molar refractivity (Wildman–Crippen MR) is 98.8 cm³/mol. The number of anilines is 1. The molecule has 0 spiro atoms. The van der Waals surface area contributed by atoms with Gasteiger partial charge in [-0.25, -0.2) is 4.79 Å². The summed E-state index contributed by atoms with van der Waals surface area (Å²) in [5.74, 6) is -2.03. The van der Waals surface area contributed by atoms with Crippen LogP contribution in [-0.4, -0.2) is 31.5 Å². The Labute approximate surface area is 152 Å². The summed E-state index contributed by atoms with van der Waals surface area (Å²) in [6.07, 6.45) is 1.54. The van der Waals surface area contributed by atoms with Gasteiger partial charge in [-0.15, -0.1) is 0 Å². The lowest BCUT2D eigenvalue weighted by molar-refractivity contribution is -0.113. The Bertz CT molecular complexity index is 938. The molecule has 0 aromatic heterocycles. The molecule has 0 aliphatic carbocycles. The molecule has 2 aromatic carbocycles. The summed E-state index contributed by atoms with van der Waals surface area (Å²) in [5, 5.41) is 28.0. The summed E-state index contributed by atoms with van der Waals surface area (Å²) in [6, 6.07) is 10.1.